The minimum atomic E-state index is -0.158. The van der Waals surface area contributed by atoms with Crippen molar-refractivity contribution in [3.8, 4) is 5.75 Å². The Morgan fingerprint density at radius 2 is 1.95 bits per heavy atom. The van der Waals surface area contributed by atoms with E-state index in [2.05, 4.69) is 10.3 Å². The van der Waals surface area contributed by atoms with Crippen LogP contribution in [0.25, 0.3) is 5.65 Å². The quantitative estimate of drug-likeness (QED) is 0.786. The van der Waals surface area contributed by atoms with Crippen molar-refractivity contribution in [2.75, 3.05) is 6.61 Å². The molecule has 0 saturated carbocycles. The van der Waals surface area contributed by atoms with Crippen LogP contribution < -0.4 is 10.1 Å². The lowest BCUT2D eigenvalue weighted by Gasteiger charge is -2.08. The van der Waals surface area contributed by atoms with Gasteiger partial charge in [-0.2, -0.15) is 0 Å². The molecule has 0 unspecified atom stereocenters. The standard InChI is InChI=1S/C17H17N3O2/c1-13-15(20-10-6-5-9-16(20)19-13)11-18-17(21)12-22-14-7-3-2-4-8-14/h2-10H,11-12H2,1H3,(H,18,21). The lowest BCUT2D eigenvalue weighted by Crippen LogP contribution is -2.29. The number of amides is 1. The van der Waals surface area contributed by atoms with Gasteiger partial charge in [0.1, 0.15) is 11.4 Å². The van der Waals surface area contributed by atoms with Gasteiger partial charge in [0.2, 0.25) is 0 Å². The van der Waals surface area contributed by atoms with Crippen LogP contribution >= 0.6 is 0 Å². The van der Waals surface area contributed by atoms with E-state index in [-0.39, 0.29) is 12.5 Å². The maximum atomic E-state index is 11.9. The van der Waals surface area contributed by atoms with E-state index in [9.17, 15) is 4.79 Å². The molecule has 0 aliphatic rings. The molecule has 2 aromatic heterocycles. The van der Waals surface area contributed by atoms with Crippen molar-refractivity contribution in [2.45, 2.75) is 13.5 Å². The highest BCUT2D eigenvalue weighted by atomic mass is 16.5. The summed E-state index contributed by atoms with van der Waals surface area (Å²) in [7, 11) is 0. The van der Waals surface area contributed by atoms with Crippen molar-refractivity contribution < 1.29 is 9.53 Å². The van der Waals surface area contributed by atoms with Crippen LogP contribution in [-0.4, -0.2) is 21.9 Å². The van der Waals surface area contributed by atoms with Gasteiger partial charge in [-0.05, 0) is 31.2 Å². The fourth-order valence-electron chi connectivity index (χ4n) is 2.28. The highest BCUT2D eigenvalue weighted by Crippen LogP contribution is 2.11. The molecule has 1 N–H and O–H groups in total. The predicted molar refractivity (Wildman–Crippen MR) is 83.7 cm³/mol. The third-order valence-electron chi connectivity index (χ3n) is 3.40. The molecule has 0 fully saturated rings. The van der Waals surface area contributed by atoms with Gasteiger partial charge in [0.05, 0.1) is 17.9 Å². The van der Waals surface area contributed by atoms with Crippen LogP contribution in [0, 0.1) is 6.92 Å². The lowest BCUT2D eigenvalue weighted by molar-refractivity contribution is -0.123. The average Bonchev–Trinajstić information content (AvgIpc) is 2.87. The first-order valence-electron chi connectivity index (χ1n) is 7.11. The van der Waals surface area contributed by atoms with Gasteiger partial charge in [0, 0.05) is 6.20 Å². The minimum absolute atomic E-state index is 0.000201. The van der Waals surface area contributed by atoms with Gasteiger partial charge in [-0.25, -0.2) is 4.98 Å². The minimum Gasteiger partial charge on any atom is -0.484 e. The molecule has 22 heavy (non-hydrogen) atoms. The van der Waals surface area contributed by atoms with E-state index in [0.29, 0.717) is 12.3 Å². The smallest absolute Gasteiger partial charge is 0.258 e. The van der Waals surface area contributed by atoms with E-state index in [0.717, 1.165) is 17.0 Å². The molecule has 0 spiro atoms. The number of nitrogens with zero attached hydrogens (tertiary/aromatic N) is 2. The Balaban J connectivity index is 1.59. The van der Waals surface area contributed by atoms with Gasteiger partial charge in [-0.3, -0.25) is 4.79 Å². The molecule has 0 aliphatic heterocycles. The molecule has 3 aromatic rings. The first-order valence-corrected chi connectivity index (χ1v) is 7.11. The maximum Gasteiger partial charge on any atom is 0.258 e. The number of carbonyl (C=O) groups is 1. The monoisotopic (exact) mass is 295 g/mol. The van der Waals surface area contributed by atoms with Gasteiger partial charge in [-0.1, -0.05) is 24.3 Å². The van der Waals surface area contributed by atoms with Crippen LogP contribution in [0.5, 0.6) is 5.75 Å². The van der Waals surface area contributed by atoms with Gasteiger partial charge in [-0.15, -0.1) is 0 Å². The largest absolute Gasteiger partial charge is 0.484 e. The van der Waals surface area contributed by atoms with Crippen molar-refractivity contribution in [2.24, 2.45) is 0 Å². The second kappa shape index (κ2) is 6.30. The Kier molecular flexibility index (Phi) is 4.05. The molecule has 5 heteroatoms. The van der Waals surface area contributed by atoms with E-state index in [1.54, 1.807) is 0 Å². The average molecular weight is 295 g/mol. The van der Waals surface area contributed by atoms with Crippen LogP contribution in [0.4, 0.5) is 0 Å². The zero-order valence-corrected chi connectivity index (χ0v) is 12.3. The normalized spacial score (nSPS) is 10.6. The number of nitrogens with one attached hydrogen (secondary N) is 1. The lowest BCUT2D eigenvalue weighted by atomic mass is 10.3. The molecule has 0 radical (unpaired) electrons. The Morgan fingerprint density at radius 1 is 1.18 bits per heavy atom. The number of imidazole rings is 1. The zero-order chi connectivity index (χ0) is 15.4. The predicted octanol–water partition coefficient (Wildman–Crippen LogP) is 2.34. The van der Waals surface area contributed by atoms with Crippen LogP contribution in [-0.2, 0) is 11.3 Å². The topological polar surface area (TPSA) is 55.6 Å². The number of para-hydroxylation sites is 1. The van der Waals surface area contributed by atoms with Gasteiger partial charge >= 0.3 is 0 Å². The highest BCUT2D eigenvalue weighted by Gasteiger charge is 2.09. The number of hydrogen-bond donors (Lipinski definition) is 1. The molecule has 112 valence electrons. The Bertz CT molecular complexity index is 781. The molecular weight excluding hydrogens is 278 g/mol. The van der Waals surface area contributed by atoms with E-state index in [4.69, 9.17) is 4.74 Å². The Morgan fingerprint density at radius 3 is 2.77 bits per heavy atom. The molecule has 0 atom stereocenters. The Labute approximate surface area is 128 Å². The summed E-state index contributed by atoms with van der Waals surface area (Å²) in [6.07, 6.45) is 1.94. The van der Waals surface area contributed by atoms with Crippen molar-refractivity contribution >= 4 is 11.6 Å². The van der Waals surface area contributed by atoms with E-state index < -0.39 is 0 Å². The van der Waals surface area contributed by atoms with Gasteiger partial charge < -0.3 is 14.5 Å². The van der Waals surface area contributed by atoms with Crippen molar-refractivity contribution in [3.63, 3.8) is 0 Å². The summed E-state index contributed by atoms with van der Waals surface area (Å²) in [5, 5.41) is 2.86. The van der Waals surface area contributed by atoms with E-state index in [1.165, 1.54) is 0 Å². The molecular formula is C17H17N3O2. The maximum absolute atomic E-state index is 11.9. The molecule has 1 amide bonds. The second-order valence-corrected chi connectivity index (χ2v) is 4.95. The van der Waals surface area contributed by atoms with Crippen LogP contribution in [0.2, 0.25) is 0 Å². The molecule has 1 aromatic carbocycles. The molecule has 0 bridgehead atoms. The van der Waals surface area contributed by atoms with Crippen LogP contribution in [0.15, 0.2) is 54.7 Å². The first kappa shape index (κ1) is 14.1. The number of hydrogen-bond acceptors (Lipinski definition) is 3. The number of benzene rings is 1. The molecule has 0 saturated heterocycles. The van der Waals surface area contributed by atoms with Crippen molar-refractivity contribution in [3.05, 3.63) is 66.1 Å². The molecule has 2 heterocycles. The summed E-state index contributed by atoms with van der Waals surface area (Å²) in [6, 6.07) is 15.1. The third kappa shape index (κ3) is 3.09. The first-order chi connectivity index (χ1) is 10.7. The number of pyridine rings is 1. The second-order valence-electron chi connectivity index (χ2n) is 4.95. The van der Waals surface area contributed by atoms with E-state index >= 15 is 0 Å². The Hall–Kier alpha value is -2.82. The SMILES string of the molecule is Cc1nc2ccccn2c1CNC(=O)COc1ccccc1. The number of aryl methyl sites for hydroxylation is 1. The van der Waals surface area contributed by atoms with Crippen LogP contribution in [0.3, 0.4) is 0 Å². The summed E-state index contributed by atoms with van der Waals surface area (Å²) in [4.78, 5) is 16.4. The molecule has 3 rings (SSSR count). The summed E-state index contributed by atoms with van der Waals surface area (Å²) in [5.41, 5.74) is 2.77. The third-order valence-corrected chi connectivity index (χ3v) is 3.40. The van der Waals surface area contributed by atoms with Crippen molar-refractivity contribution in [1.82, 2.24) is 14.7 Å². The summed E-state index contributed by atoms with van der Waals surface area (Å²) in [5.74, 6) is 0.526. The molecule has 0 aliphatic carbocycles. The fraction of sp³-hybridized carbons (Fsp3) is 0.176. The summed E-state index contributed by atoms with van der Waals surface area (Å²) >= 11 is 0. The zero-order valence-electron chi connectivity index (χ0n) is 12.3. The van der Waals surface area contributed by atoms with Crippen LogP contribution in [0.1, 0.15) is 11.4 Å². The number of rotatable bonds is 5. The number of aromatic nitrogens is 2. The summed E-state index contributed by atoms with van der Waals surface area (Å²) < 4.78 is 7.40. The van der Waals surface area contributed by atoms with E-state index in [1.807, 2.05) is 66.1 Å². The number of ether oxygens (including phenoxy) is 1. The summed E-state index contributed by atoms with van der Waals surface area (Å²) in [6.45, 7) is 2.36. The number of carbonyl (C=O) groups excluding carboxylic acids is 1. The molecule has 5 nitrogen and oxygen atoms in total. The number of fused-ring (bicyclic) bond motifs is 1. The highest BCUT2D eigenvalue weighted by molar-refractivity contribution is 5.77. The van der Waals surface area contributed by atoms with Crippen molar-refractivity contribution in [1.29, 1.82) is 0 Å². The van der Waals surface area contributed by atoms with Gasteiger partial charge in [0.25, 0.3) is 5.91 Å². The van der Waals surface area contributed by atoms with Gasteiger partial charge in [0.15, 0.2) is 6.61 Å². The fourth-order valence-corrected chi connectivity index (χ4v) is 2.28.